The molecule has 1 saturated carbocycles. The van der Waals surface area contributed by atoms with Crippen LogP contribution in [-0.4, -0.2) is 18.1 Å². The van der Waals surface area contributed by atoms with Gasteiger partial charge >= 0.3 is 12.0 Å². The number of hydrogen-bond donors (Lipinski definition) is 2. The molecule has 1 heterocycles. The van der Waals surface area contributed by atoms with Gasteiger partial charge < -0.3 is 15.4 Å². The number of allylic oxidation sites excluding steroid dienone is 1. The monoisotopic (exact) mass is 342 g/mol. The molecule has 1 aliphatic heterocycles. The number of ether oxygens (including phenoxy) is 1. The maximum Gasteiger partial charge on any atom is 0.338 e. The summed E-state index contributed by atoms with van der Waals surface area (Å²) in [6, 6.07) is 7.23. The summed E-state index contributed by atoms with van der Waals surface area (Å²) in [6.07, 6.45) is 6.20. The summed E-state index contributed by atoms with van der Waals surface area (Å²) in [5, 5.41) is 5.56. The van der Waals surface area contributed by atoms with Gasteiger partial charge in [0, 0.05) is 5.70 Å². The Morgan fingerprint density at radius 1 is 1.16 bits per heavy atom. The topological polar surface area (TPSA) is 67.4 Å². The van der Waals surface area contributed by atoms with Crippen molar-refractivity contribution in [2.45, 2.75) is 64.5 Å². The molecular weight excluding hydrogens is 316 g/mol. The second-order valence-electron chi connectivity index (χ2n) is 6.83. The molecule has 1 atom stereocenters. The first kappa shape index (κ1) is 17.5. The van der Waals surface area contributed by atoms with E-state index in [9.17, 15) is 9.59 Å². The third-order valence-electron chi connectivity index (χ3n) is 5.04. The van der Waals surface area contributed by atoms with E-state index in [-0.39, 0.29) is 18.1 Å². The van der Waals surface area contributed by atoms with Crippen molar-refractivity contribution in [2.24, 2.45) is 0 Å². The van der Waals surface area contributed by atoms with E-state index in [1.807, 2.05) is 24.3 Å². The van der Waals surface area contributed by atoms with Crippen LogP contribution in [-0.2, 0) is 16.0 Å². The van der Waals surface area contributed by atoms with Gasteiger partial charge in [0.05, 0.1) is 11.6 Å². The van der Waals surface area contributed by atoms with Gasteiger partial charge in [-0.25, -0.2) is 9.59 Å². The molecule has 25 heavy (non-hydrogen) atoms. The van der Waals surface area contributed by atoms with Gasteiger partial charge in [0.2, 0.25) is 0 Å². The SMILES string of the molecule is CCc1ccc([C@H]2NC(=O)NC(C)=C2C(=O)OC2CCCCC2)cc1. The molecule has 1 aromatic carbocycles. The van der Waals surface area contributed by atoms with Gasteiger partial charge in [-0.3, -0.25) is 0 Å². The second kappa shape index (κ2) is 7.72. The number of aryl methyl sites for hydroxylation is 1. The van der Waals surface area contributed by atoms with Crippen LogP contribution < -0.4 is 10.6 Å². The number of rotatable bonds is 4. The predicted molar refractivity (Wildman–Crippen MR) is 95.9 cm³/mol. The molecule has 0 unspecified atom stereocenters. The number of esters is 1. The highest BCUT2D eigenvalue weighted by molar-refractivity contribution is 5.95. The van der Waals surface area contributed by atoms with Crippen molar-refractivity contribution in [1.29, 1.82) is 0 Å². The number of carbonyl (C=O) groups excluding carboxylic acids is 2. The van der Waals surface area contributed by atoms with Crippen LogP contribution in [0, 0.1) is 0 Å². The minimum absolute atomic E-state index is 0.0118. The first-order chi connectivity index (χ1) is 12.1. The van der Waals surface area contributed by atoms with E-state index in [1.54, 1.807) is 6.92 Å². The molecule has 0 aromatic heterocycles. The summed E-state index contributed by atoms with van der Waals surface area (Å²) < 4.78 is 5.74. The zero-order valence-electron chi connectivity index (χ0n) is 14.9. The van der Waals surface area contributed by atoms with Gasteiger partial charge in [-0.15, -0.1) is 0 Å². The Hall–Kier alpha value is -2.30. The second-order valence-corrected chi connectivity index (χ2v) is 6.83. The van der Waals surface area contributed by atoms with E-state index in [4.69, 9.17) is 4.74 Å². The first-order valence-corrected chi connectivity index (χ1v) is 9.16. The third kappa shape index (κ3) is 4.03. The molecule has 0 radical (unpaired) electrons. The van der Waals surface area contributed by atoms with Gasteiger partial charge in [-0.2, -0.15) is 0 Å². The van der Waals surface area contributed by atoms with Gasteiger partial charge in [0.25, 0.3) is 0 Å². The standard InChI is InChI=1S/C20H26N2O3/c1-3-14-9-11-15(12-10-14)18-17(13(2)21-20(24)22-18)19(23)25-16-7-5-4-6-8-16/h9-12,16,18H,3-8H2,1-2H3,(H2,21,22,24)/t18-/m1/s1. The Bertz CT molecular complexity index is 673. The van der Waals surface area contributed by atoms with Crippen LogP contribution >= 0.6 is 0 Å². The fraction of sp³-hybridized carbons (Fsp3) is 0.500. The number of benzene rings is 1. The van der Waals surface area contributed by atoms with Crippen LogP contribution in [0.5, 0.6) is 0 Å². The maximum atomic E-state index is 12.8. The summed E-state index contributed by atoms with van der Waals surface area (Å²) in [6.45, 7) is 3.85. The lowest BCUT2D eigenvalue weighted by atomic mass is 9.94. The van der Waals surface area contributed by atoms with E-state index >= 15 is 0 Å². The quantitative estimate of drug-likeness (QED) is 0.819. The molecular formula is C20H26N2O3. The van der Waals surface area contributed by atoms with Crippen molar-refractivity contribution in [2.75, 3.05) is 0 Å². The van der Waals surface area contributed by atoms with E-state index in [0.717, 1.165) is 37.7 Å². The minimum Gasteiger partial charge on any atom is -0.459 e. The van der Waals surface area contributed by atoms with Crippen LogP contribution in [0.1, 0.15) is 63.1 Å². The van der Waals surface area contributed by atoms with Gasteiger partial charge in [-0.05, 0) is 50.2 Å². The Kier molecular flexibility index (Phi) is 5.41. The average molecular weight is 342 g/mol. The molecule has 0 spiro atoms. The molecule has 1 aromatic rings. The summed E-state index contributed by atoms with van der Waals surface area (Å²) in [4.78, 5) is 24.7. The Labute approximate surface area is 148 Å². The highest BCUT2D eigenvalue weighted by atomic mass is 16.5. The van der Waals surface area contributed by atoms with E-state index in [2.05, 4.69) is 17.6 Å². The van der Waals surface area contributed by atoms with Crippen LogP contribution in [0.3, 0.4) is 0 Å². The first-order valence-electron chi connectivity index (χ1n) is 9.16. The van der Waals surface area contributed by atoms with Crippen LogP contribution in [0.25, 0.3) is 0 Å². The largest absolute Gasteiger partial charge is 0.459 e. The zero-order valence-corrected chi connectivity index (χ0v) is 14.9. The van der Waals surface area contributed by atoms with Crippen LogP contribution in [0.15, 0.2) is 35.5 Å². The van der Waals surface area contributed by atoms with Crippen LogP contribution in [0.4, 0.5) is 4.79 Å². The summed E-state index contributed by atoms with van der Waals surface area (Å²) in [5.74, 6) is -0.332. The third-order valence-corrected chi connectivity index (χ3v) is 5.04. The number of nitrogens with one attached hydrogen (secondary N) is 2. The Morgan fingerprint density at radius 3 is 2.48 bits per heavy atom. The summed E-state index contributed by atoms with van der Waals surface area (Å²) >= 11 is 0. The number of hydrogen-bond acceptors (Lipinski definition) is 3. The lowest BCUT2D eigenvalue weighted by molar-refractivity contribution is -0.146. The molecule has 5 nitrogen and oxygen atoms in total. The van der Waals surface area contributed by atoms with Crippen molar-refractivity contribution in [3.05, 3.63) is 46.7 Å². The molecule has 2 N–H and O–H groups in total. The molecule has 2 amide bonds. The summed E-state index contributed by atoms with van der Waals surface area (Å²) in [5.41, 5.74) is 3.17. The van der Waals surface area contributed by atoms with Crippen molar-refractivity contribution in [3.8, 4) is 0 Å². The number of urea groups is 1. The lowest BCUT2D eigenvalue weighted by Gasteiger charge is -2.30. The fourth-order valence-electron chi connectivity index (χ4n) is 3.56. The Morgan fingerprint density at radius 2 is 1.84 bits per heavy atom. The fourth-order valence-corrected chi connectivity index (χ4v) is 3.56. The van der Waals surface area contributed by atoms with Crippen LogP contribution in [0.2, 0.25) is 0 Å². The van der Waals surface area contributed by atoms with Crippen molar-refractivity contribution in [3.63, 3.8) is 0 Å². The predicted octanol–water partition coefficient (Wildman–Crippen LogP) is 3.75. The normalized spacial score (nSPS) is 21.5. The van der Waals surface area contributed by atoms with Crippen molar-refractivity contribution in [1.82, 2.24) is 10.6 Å². The van der Waals surface area contributed by atoms with Gasteiger partial charge in [0.15, 0.2) is 0 Å². The van der Waals surface area contributed by atoms with E-state index < -0.39 is 6.04 Å². The molecule has 2 aliphatic rings. The lowest BCUT2D eigenvalue weighted by Crippen LogP contribution is -2.45. The molecule has 0 saturated heterocycles. The molecule has 134 valence electrons. The smallest absolute Gasteiger partial charge is 0.338 e. The molecule has 5 heteroatoms. The number of amides is 2. The zero-order chi connectivity index (χ0) is 17.8. The number of carbonyl (C=O) groups is 2. The summed E-state index contributed by atoms with van der Waals surface area (Å²) in [7, 11) is 0. The minimum atomic E-state index is -0.476. The van der Waals surface area contributed by atoms with Crippen molar-refractivity contribution >= 4 is 12.0 Å². The molecule has 3 rings (SSSR count). The highest BCUT2D eigenvalue weighted by Crippen LogP contribution is 2.29. The molecule has 1 fully saturated rings. The van der Waals surface area contributed by atoms with E-state index in [1.165, 1.54) is 12.0 Å². The molecule has 1 aliphatic carbocycles. The average Bonchev–Trinajstić information content (AvgIpc) is 2.62. The van der Waals surface area contributed by atoms with Crippen molar-refractivity contribution < 1.29 is 14.3 Å². The van der Waals surface area contributed by atoms with Gasteiger partial charge in [-0.1, -0.05) is 37.6 Å². The Balaban J connectivity index is 1.84. The van der Waals surface area contributed by atoms with E-state index in [0.29, 0.717) is 11.3 Å². The highest BCUT2D eigenvalue weighted by Gasteiger charge is 2.33. The molecule has 0 bridgehead atoms. The van der Waals surface area contributed by atoms with Gasteiger partial charge in [0.1, 0.15) is 6.10 Å². The maximum absolute atomic E-state index is 12.8.